The average molecular weight is 261 g/mol. The maximum atomic E-state index is 13.6. The lowest BCUT2D eigenvalue weighted by molar-refractivity contribution is 0.260. The molecule has 1 N–H and O–H groups in total. The highest BCUT2D eigenvalue weighted by molar-refractivity contribution is 5.37. The largest absolute Gasteiger partial charge is 0.395 e. The van der Waals surface area contributed by atoms with Gasteiger partial charge in [0.1, 0.15) is 5.82 Å². The van der Waals surface area contributed by atoms with Crippen LogP contribution in [0.15, 0.2) is 18.2 Å². The van der Waals surface area contributed by atoms with E-state index in [0.29, 0.717) is 18.0 Å². The molecule has 0 aliphatic carbocycles. The van der Waals surface area contributed by atoms with Crippen LogP contribution in [0.1, 0.15) is 37.3 Å². The zero-order chi connectivity index (χ0) is 13.7. The lowest BCUT2D eigenvalue weighted by Crippen LogP contribution is -2.26. The first kappa shape index (κ1) is 14.0. The van der Waals surface area contributed by atoms with Crippen molar-refractivity contribution in [1.82, 2.24) is 4.90 Å². The molecule has 0 amide bonds. The smallest absolute Gasteiger partial charge is 0.124 e. The van der Waals surface area contributed by atoms with E-state index in [1.54, 1.807) is 6.07 Å². The summed E-state index contributed by atoms with van der Waals surface area (Å²) in [7, 11) is 0. The Morgan fingerprint density at radius 3 is 2.95 bits per heavy atom. The molecular formula is C16H20FNO. The van der Waals surface area contributed by atoms with Gasteiger partial charge < -0.3 is 5.11 Å². The highest BCUT2D eigenvalue weighted by Gasteiger charge is 2.20. The van der Waals surface area contributed by atoms with Gasteiger partial charge in [0, 0.05) is 24.6 Å². The van der Waals surface area contributed by atoms with E-state index in [-0.39, 0.29) is 12.4 Å². The van der Waals surface area contributed by atoms with Crippen LogP contribution in [0.3, 0.4) is 0 Å². The van der Waals surface area contributed by atoms with Gasteiger partial charge in [-0.3, -0.25) is 4.90 Å². The van der Waals surface area contributed by atoms with E-state index in [1.165, 1.54) is 18.9 Å². The minimum absolute atomic E-state index is 0.0421. The van der Waals surface area contributed by atoms with Crippen molar-refractivity contribution < 1.29 is 9.50 Å². The Balaban J connectivity index is 2.10. The second-order valence-corrected chi connectivity index (χ2v) is 5.09. The molecule has 2 rings (SSSR count). The number of hydrogen-bond acceptors (Lipinski definition) is 2. The van der Waals surface area contributed by atoms with Crippen molar-refractivity contribution in [3.63, 3.8) is 0 Å². The first-order chi connectivity index (χ1) is 9.19. The first-order valence-corrected chi connectivity index (χ1v) is 6.82. The number of rotatable bonds is 3. The van der Waals surface area contributed by atoms with E-state index in [4.69, 9.17) is 5.11 Å². The van der Waals surface area contributed by atoms with Crippen LogP contribution in [0.2, 0.25) is 0 Å². The van der Waals surface area contributed by atoms with Crippen LogP contribution in [0.4, 0.5) is 4.39 Å². The SMILES string of the molecule is CC1CCCN1Cc1cc(F)cc(C#CCCO)c1. The van der Waals surface area contributed by atoms with E-state index in [1.807, 2.05) is 6.07 Å². The lowest BCUT2D eigenvalue weighted by Gasteiger charge is -2.21. The van der Waals surface area contributed by atoms with Gasteiger partial charge in [-0.15, -0.1) is 0 Å². The van der Waals surface area contributed by atoms with Crippen molar-refractivity contribution >= 4 is 0 Å². The van der Waals surface area contributed by atoms with E-state index in [2.05, 4.69) is 23.7 Å². The zero-order valence-corrected chi connectivity index (χ0v) is 11.3. The standard InChI is InChI=1S/C16H20FNO/c1-13-5-4-7-18(13)12-15-9-14(6-2-3-8-19)10-16(17)11-15/h9-11,13,19H,3-5,7-8,12H2,1H3. The van der Waals surface area contributed by atoms with Crippen molar-refractivity contribution in [3.8, 4) is 11.8 Å². The number of aliphatic hydroxyl groups is 1. The Kier molecular flexibility index (Phi) is 4.95. The molecular weight excluding hydrogens is 241 g/mol. The van der Waals surface area contributed by atoms with Crippen molar-refractivity contribution in [3.05, 3.63) is 35.1 Å². The van der Waals surface area contributed by atoms with Crippen LogP contribution >= 0.6 is 0 Å². The number of hydrogen-bond donors (Lipinski definition) is 1. The summed E-state index contributed by atoms with van der Waals surface area (Å²) in [5, 5.41) is 8.69. The molecule has 3 heteroatoms. The van der Waals surface area contributed by atoms with E-state index >= 15 is 0 Å². The Morgan fingerprint density at radius 1 is 1.42 bits per heavy atom. The molecule has 1 unspecified atom stereocenters. The summed E-state index contributed by atoms with van der Waals surface area (Å²) in [5.41, 5.74) is 1.66. The van der Waals surface area contributed by atoms with Gasteiger partial charge in [0.25, 0.3) is 0 Å². The van der Waals surface area contributed by atoms with Gasteiger partial charge in [-0.2, -0.15) is 0 Å². The van der Waals surface area contributed by atoms with E-state index in [0.717, 1.165) is 18.7 Å². The minimum atomic E-state index is -0.238. The zero-order valence-electron chi connectivity index (χ0n) is 11.3. The second-order valence-electron chi connectivity index (χ2n) is 5.09. The molecule has 1 heterocycles. The number of nitrogens with zero attached hydrogens (tertiary/aromatic N) is 1. The normalized spacial score (nSPS) is 19.2. The van der Waals surface area contributed by atoms with Gasteiger partial charge in [0.15, 0.2) is 0 Å². The number of aliphatic hydroxyl groups excluding tert-OH is 1. The van der Waals surface area contributed by atoms with Crippen LogP contribution in [0.5, 0.6) is 0 Å². The highest BCUT2D eigenvalue weighted by atomic mass is 19.1. The molecule has 1 saturated heterocycles. The van der Waals surface area contributed by atoms with Gasteiger partial charge in [-0.1, -0.05) is 11.8 Å². The molecule has 0 saturated carbocycles. The molecule has 0 aromatic heterocycles. The fourth-order valence-electron chi connectivity index (χ4n) is 2.50. The summed E-state index contributed by atoms with van der Waals surface area (Å²) in [4.78, 5) is 2.37. The van der Waals surface area contributed by atoms with E-state index < -0.39 is 0 Å². The Bertz CT molecular complexity index is 489. The third-order valence-electron chi connectivity index (χ3n) is 3.50. The first-order valence-electron chi connectivity index (χ1n) is 6.82. The average Bonchev–Trinajstić information content (AvgIpc) is 2.75. The Labute approximate surface area is 114 Å². The molecule has 0 radical (unpaired) electrons. The van der Waals surface area contributed by atoms with Crippen molar-refractivity contribution in [2.45, 2.75) is 38.8 Å². The van der Waals surface area contributed by atoms with Crippen molar-refractivity contribution in [2.75, 3.05) is 13.2 Å². The summed E-state index contributed by atoms with van der Waals surface area (Å²) in [6.45, 7) is 4.13. The van der Waals surface area contributed by atoms with Gasteiger partial charge in [-0.05, 0) is 50.1 Å². The highest BCUT2D eigenvalue weighted by Crippen LogP contribution is 2.20. The summed E-state index contributed by atoms with van der Waals surface area (Å²) in [6.07, 6.45) is 2.87. The fraction of sp³-hybridized carbons (Fsp3) is 0.500. The molecule has 2 nitrogen and oxygen atoms in total. The summed E-state index contributed by atoms with van der Waals surface area (Å²) in [6, 6.07) is 5.55. The van der Waals surface area contributed by atoms with Crippen LogP contribution in [-0.4, -0.2) is 29.2 Å². The van der Waals surface area contributed by atoms with Crippen LogP contribution in [0, 0.1) is 17.7 Å². The predicted molar refractivity (Wildman–Crippen MR) is 74.1 cm³/mol. The number of benzene rings is 1. The summed E-state index contributed by atoms with van der Waals surface area (Å²) in [5.74, 6) is 5.48. The van der Waals surface area contributed by atoms with Crippen LogP contribution < -0.4 is 0 Å². The molecule has 0 spiro atoms. The molecule has 1 fully saturated rings. The summed E-state index contributed by atoms with van der Waals surface area (Å²) >= 11 is 0. The van der Waals surface area contributed by atoms with Gasteiger partial charge in [-0.25, -0.2) is 4.39 Å². The molecule has 1 aromatic rings. The monoisotopic (exact) mass is 261 g/mol. The minimum Gasteiger partial charge on any atom is -0.395 e. The van der Waals surface area contributed by atoms with Crippen LogP contribution in [0.25, 0.3) is 0 Å². The van der Waals surface area contributed by atoms with Gasteiger partial charge >= 0.3 is 0 Å². The molecule has 1 aromatic carbocycles. The Hall–Kier alpha value is -1.37. The molecule has 0 bridgehead atoms. The maximum Gasteiger partial charge on any atom is 0.124 e. The second kappa shape index (κ2) is 6.70. The van der Waals surface area contributed by atoms with Crippen molar-refractivity contribution in [2.24, 2.45) is 0 Å². The quantitative estimate of drug-likeness (QED) is 0.845. The third-order valence-corrected chi connectivity index (χ3v) is 3.50. The molecule has 1 atom stereocenters. The molecule has 1 aliphatic rings. The van der Waals surface area contributed by atoms with Gasteiger partial charge in [0.2, 0.25) is 0 Å². The molecule has 19 heavy (non-hydrogen) atoms. The van der Waals surface area contributed by atoms with Gasteiger partial charge in [0.05, 0.1) is 6.61 Å². The molecule has 102 valence electrons. The van der Waals surface area contributed by atoms with Crippen LogP contribution in [-0.2, 0) is 6.54 Å². The van der Waals surface area contributed by atoms with E-state index in [9.17, 15) is 4.39 Å². The maximum absolute atomic E-state index is 13.6. The third kappa shape index (κ3) is 4.05. The number of likely N-dealkylation sites (tertiary alicyclic amines) is 1. The topological polar surface area (TPSA) is 23.5 Å². The summed E-state index contributed by atoms with van der Waals surface area (Å²) < 4.78 is 13.6. The molecule has 1 aliphatic heterocycles. The number of halogens is 1. The predicted octanol–water partition coefficient (Wildman–Crippen LogP) is 2.54. The van der Waals surface area contributed by atoms with Crippen molar-refractivity contribution in [1.29, 1.82) is 0 Å². The lowest BCUT2D eigenvalue weighted by atomic mass is 10.1. The Morgan fingerprint density at radius 2 is 2.26 bits per heavy atom. The fourth-order valence-corrected chi connectivity index (χ4v) is 2.50.